The van der Waals surface area contributed by atoms with Gasteiger partial charge in [-0.25, -0.2) is 0 Å². The summed E-state index contributed by atoms with van der Waals surface area (Å²) < 4.78 is 5.33. The predicted octanol–water partition coefficient (Wildman–Crippen LogP) is 2.87. The number of carbonyl (C=O) groups excluding carboxylic acids is 1. The van der Waals surface area contributed by atoms with Crippen molar-refractivity contribution in [3.8, 4) is 0 Å². The zero-order chi connectivity index (χ0) is 9.52. The van der Waals surface area contributed by atoms with Crippen LogP contribution in [0.2, 0.25) is 0 Å². The van der Waals surface area contributed by atoms with Gasteiger partial charge in [0, 0.05) is 6.42 Å². The molecule has 0 spiro atoms. The molecule has 0 aliphatic heterocycles. The third-order valence-corrected chi connectivity index (χ3v) is 2.48. The fourth-order valence-electron chi connectivity index (χ4n) is 1.70. The normalized spacial score (nSPS) is 18.5. The molecule has 0 heterocycles. The molecule has 0 saturated heterocycles. The standard InChI is InChI=1S/C11H19O2/c1-2-3-9-11(12)13-10-7-5-4-6-8-10/h10H,1-9H2. The van der Waals surface area contributed by atoms with Crippen LogP contribution in [0.25, 0.3) is 0 Å². The molecular weight excluding hydrogens is 164 g/mol. The molecular formula is C11H19O2. The van der Waals surface area contributed by atoms with E-state index in [1.807, 2.05) is 0 Å². The fourth-order valence-corrected chi connectivity index (χ4v) is 1.70. The van der Waals surface area contributed by atoms with Gasteiger partial charge in [0.05, 0.1) is 0 Å². The Morgan fingerprint density at radius 2 is 2.00 bits per heavy atom. The van der Waals surface area contributed by atoms with E-state index in [1.54, 1.807) is 0 Å². The van der Waals surface area contributed by atoms with Crippen molar-refractivity contribution in [1.82, 2.24) is 0 Å². The van der Waals surface area contributed by atoms with E-state index in [0.717, 1.165) is 25.7 Å². The molecule has 13 heavy (non-hydrogen) atoms. The molecule has 75 valence electrons. The van der Waals surface area contributed by atoms with Crippen LogP contribution in [0.5, 0.6) is 0 Å². The van der Waals surface area contributed by atoms with Gasteiger partial charge in [-0.1, -0.05) is 19.8 Å². The van der Waals surface area contributed by atoms with Crippen molar-refractivity contribution >= 4 is 5.97 Å². The van der Waals surface area contributed by atoms with Crippen LogP contribution in [0, 0.1) is 6.92 Å². The molecule has 1 aliphatic rings. The number of ether oxygens (including phenoxy) is 1. The van der Waals surface area contributed by atoms with Crippen LogP contribution in [0.4, 0.5) is 0 Å². The molecule has 0 aromatic rings. The number of hydrogen-bond acceptors (Lipinski definition) is 2. The lowest BCUT2D eigenvalue weighted by Crippen LogP contribution is -2.20. The van der Waals surface area contributed by atoms with Crippen LogP contribution < -0.4 is 0 Å². The number of unbranched alkanes of at least 4 members (excludes halogenated alkanes) is 1. The minimum Gasteiger partial charge on any atom is -0.462 e. The Labute approximate surface area is 80.7 Å². The molecule has 1 saturated carbocycles. The van der Waals surface area contributed by atoms with Crippen LogP contribution in [0.3, 0.4) is 0 Å². The molecule has 0 aromatic carbocycles. The summed E-state index contributed by atoms with van der Waals surface area (Å²) in [5, 5.41) is 0. The molecule has 1 fully saturated rings. The van der Waals surface area contributed by atoms with E-state index in [9.17, 15) is 4.79 Å². The Balaban J connectivity index is 2.11. The number of esters is 1. The van der Waals surface area contributed by atoms with E-state index in [4.69, 9.17) is 4.74 Å². The van der Waals surface area contributed by atoms with Gasteiger partial charge >= 0.3 is 5.97 Å². The summed E-state index contributed by atoms with van der Waals surface area (Å²) in [5.74, 6) is -0.0319. The molecule has 0 atom stereocenters. The summed E-state index contributed by atoms with van der Waals surface area (Å²) in [6.45, 7) is 3.70. The van der Waals surface area contributed by atoms with Gasteiger partial charge in [0.15, 0.2) is 0 Å². The van der Waals surface area contributed by atoms with Crippen molar-refractivity contribution in [2.75, 3.05) is 0 Å². The Kier molecular flexibility index (Phi) is 4.87. The second-order valence-electron chi connectivity index (χ2n) is 3.71. The molecule has 1 radical (unpaired) electrons. The largest absolute Gasteiger partial charge is 0.462 e. The lowest BCUT2D eigenvalue weighted by atomic mass is 9.98. The van der Waals surface area contributed by atoms with Crippen molar-refractivity contribution in [3.63, 3.8) is 0 Å². The Bertz CT molecular complexity index is 148. The average Bonchev–Trinajstić information content (AvgIpc) is 2.16. The van der Waals surface area contributed by atoms with Crippen LogP contribution in [-0.2, 0) is 9.53 Å². The minimum absolute atomic E-state index is 0.0319. The van der Waals surface area contributed by atoms with Crippen LogP contribution >= 0.6 is 0 Å². The maximum absolute atomic E-state index is 11.2. The summed E-state index contributed by atoms with van der Waals surface area (Å²) in [7, 11) is 0. The van der Waals surface area contributed by atoms with E-state index >= 15 is 0 Å². The zero-order valence-electron chi connectivity index (χ0n) is 8.26. The number of hydrogen-bond donors (Lipinski definition) is 0. The minimum atomic E-state index is -0.0319. The summed E-state index contributed by atoms with van der Waals surface area (Å²) in [4.78, 5) is 11.2. The summed E-state index contributed by atoms with van der Waals surface area (Å²) in [5.41, 5.74) is 0. The monoisotopic (exact) mass is 183 g/mol. The summed E-state index contributed by atoms with van der Waals surface area (Å²) in [6.07, 6.45) is 8.29. The van der Waals surface area contributed by atoms with E-state index in [-0.39, 0.29) is 12.1 Å². The van der Waals surface area contributed by atoms with E-state index in [2.05, 4.69) is 6.92 Å². The number of carbonyl (C=O) groups is 1. The lowest BCUT2D eigenvalue weighted by Gasteiger charge is -2.21. The zero-order valence-corrected chi connectivity index (χ0v) is 8.26. The third-order valence-electron chi connectivity index (χ3n) is 2.48. The molecule has 0 N–H and O–H groups in total. The van der Waals surface area contributed by atoms with Crippen molar-refractivity contribution in [2.45, 2.75) is 57.5 Å². The maximum atomic E-state index is 11.2. The van der Waals surface area contributed by atoms with Gasteiger partial charge in [-0.2, -0.15) is 0 Å². The lowest BCUT2D eigenvalue weighted by molar-refractivity contribution is -0.150. The maximum Gasteiger partial charge on any atom is 0.306 e. The molecule has 1 aliphatic carbocycles. The van der Waals surface area contributed by atoms with Gasteiger partial charge in [-0.15, -0.1) is 0 Å². The van der Waals surface area contributed by atoms with Crippen molar-refractivity contribution in [1.29, 1.82) is 0 Å². The molecule has 1 rings (SSSR count). The second kappa shape index (κ2) is 6.01. The van der Waals surface area contributed by atoms with Gasteiger partial charge in [0.2, 0.25) is 0 Å². The molecule has 0 unspecified atom stereocenters. The van der Waals surface area contributed by atoms with E-state index < -0.39 is 0 Å². The van der Waals surface area contributed by atoms with Crippen molar-refractivity contribution in [3.05, 3.63) is 6.92 Å². The number of rotatable bonds is 4. The average molecular weight is 183 g/mol. The molecule has 0 aromatic heterocycles. The van der Waals surface area contributed by atoms with Crippen molar-refractivity contribution < 1.29 is 9.53 Å². The fraction of sp³-hybridized carbons (Fsp3) is 0.818. The van der Waals surface area contributed by atoms with E-state index in [0.29, 0.717) is 6.42 Å². The van der Waals surface area contributed by atoms with Crippen LogP contribution in [-0.4, -0.2) is 12.1 Å². The first-order valence-corrected chi connectivity index (χ1v) is 5.31. The van der Waals surface area contributed by atoms with Gasteiger partial charge in [0.25, 0.3) is 0 Å². The Morgan fingerprint density at radius 1 is 1.31 bits per heavy atom. The second-order valence-corrected chi connectivity index (χ2v) is 3.71. The summed E-state index contributed by atoms with van der Waals surface area (Å²) >= 11 is 0. The van der Waals surface area contributed by atoms with Gasteiger partial charge < -0.3 is 4.74 Å². The topological polar surface area (TPSA) is 26.3 Å². The van der Waals surface area contributed by atoms with E-state index in [1.165, 1.54) is 19.3 Å². The molecule has 2 nitrogen and oxygen atoms in total. The van der Waals surface area contributed by atoms with Crippen LogP contribution in [0.15, 0.2) is 0 Å². The van der Waals surface area contributed by atoms with Gasteiger partial charge in [-0.05, 0) is 32.1 Å². The Morgan fingerprint density at radius 3 is 2.62 bits per heavy atom. The van der Waals surface area contributed by atoms with Crippen LogP contribution in [0.1, 0.15) is 51.4 Å². The van der Waals surface area contributed by atoms with Crippen molar-refractivity contribution in [2.24, 2.45) is 0 Å². The predicted molar refractivity (Wildman–Crippen MR) is 52.2 cm³/mol. The SMILES string of the molecule is [CH2]CCCC(=O)OC1CCCCC1. The molecule has 0 bridgehead atoms. The highest BCUT2D eigenvalue weighted by atomic mass is 16.5. The van der Waals surface area contributed by atoms with Gasteiger partial charge in [-0.3, -0.25) is 4.79 Å². The highest BCUT2D eigenvalue weighted by Crippen LogP contribution is 2.20. The first-order valence-electron chi connectivity index (χ1n) is 5.31. The Hall–Kier alpha value is -0.530. The molecule has 0 amide bonds. The first-order chi connectivity index (χ1) is 6.33. The molecule has 2 heteroatoms. The smallest absolute Gasteiger partial charge is 0.306 e. The highest BCUT2D eigenvalue weighted by Gasteiger charge is 2.16. The quantitative estimate of drug-likeness (QED) is 0.626. The highest BCUT2D eigenvalue weighted by molar-refractivity contribution is 5.69. The first kappa shape index (κ1) is 10.6. The third kappa shape index (κ3) is 4.30. The van der Waals surface area contributed by atoms with Gasteiger partial charge in [0.1, 0.15) is 6.10 Å². The summed E-state index contributed by atoms with van der Waals surface area (Å²) in [6, 6.07) is 0.